The third kappa shape index (κ3) is 4.39. The van der Waals surface area contributed by atoms with Crippen LogP contribution in [-0.2, 0) is 0 Å². The van der Waals surface area contributed by atoms with Gasteiger partial charge in [-0.3, -0.25) is 5.43 Å². The first-order valence-electron chi connectivity index (χ1n) is 9.00. The third-order valence-electron chi connectivity index (χ3n) is 4.22. The molecule has 0 fully saturated rings. The van der Waals surface area contributed by atoms with Crippen molar-refractivity contribution < 1.29 is 10.2 Å². The van der Waals surface area contributed by atoms with Crippen LogP contribution in [0.3, 0.4) is 0 Å². The van der Waals surface area contributed by atoms with Crippen molar-refractivity contribution in [3.63, 3.8) is 0 Å². The van der Waals surface area contributed by atoms with Gasteiger partial charge in [0.25, 0.3) is 0 Å². The first-order chi connectivity index (χ1) is 14.2. The SMILES string of the molecule is Oc1ccc(/C=N/Nc2cc(-c3ccccc3)nc(-c3ccccc3)n2)c(O)c1. The van der Waals surface area contributed by atoms with Gasteiger partial charge in [-0.25, -0.2) is 9.97 Å². The van der Waals surface area contributed by atoms with Gasteiger partial charge in [0, 0.05) is 28.8 Å². The number of aromatic hydroxyl groups is 2. The van der Waals surface area contributed by atoms with Gasteiger partial charge in [0.2, 0.25) is 0 Å². The summed E-state index contributed by atoms with van der Waals surface area (Å²) in [5, 5.41) is 23.4. The van der Waals surface area contributed by atoms with Crippen molar-refractivity contribution in [1.82, 2.24) is 9.97 Å². The van der Waals surface area contributed by atoms with Crippen molar-refractivity contribution >= 4 is 12.0 Å². The Morgan fingerprint density at radius 3 is 2.14 bits per heavy atom. The number of nitrogens with one attached hydrogen (secondary N) is 1. The van der Waals surface area contributed by atoms with Gasteiger partial charge in [0.15, 0.2) is 11.6 Å². The average Bonchev–Trinajstić information content (AvgIpc) is 2.76. The lowest BCUT2D eigenvalue weighted by molar-refractivity contribution is 0.450. The highest BCUT2D eigenvalue weighted by Crippen LogP contribution is 2.24. The second-order valence-corrected chi connectivity index (χ2v) is 6.31. The van der Waals surface area contributed by atoms with Crippen LogP contribution >= 0.6 is 0 Å². The molecular formula is C23H18N4O2. The second kappa shape index (κ2) is 8.22. The number of benzene rings is 3. The molecule has 0 bridgehead atoms. The number of hydrogen-bond donors (Lipinski definition) is 3. The lowest BCUT2D eigenvalue weighted by Gasteiger charge is -2.08. The summed E-state index contributed by atoms with van der Waals surface area (Å²) in [6, 6.07) is 25.7. The van der Waals surface area contributed by atoms with Gasteiger partial charge in [0.1, 0.15) is 11.5 Å². The second-order valence-electron chi connectivity index (χ2n) is 6.31. The van der Waals surface area contributed by atoms with Crippen molar-refractivity contribution in [3.05, 3.63) is 90.5 Å². The Hall–Kier alpha value is -4.19. The van der Waals surface area contributed by atoms with Crippen LogP contribution < -0.4 is 5.43 Å². The molecule has 1 aromatic heterocycles. The van der Waals surface area contributed by atoms with Crippen LogP contribution in [0, 0.1) is 0 Å². The standard InChI is InChI=1S/C23H18N4O2/c28-19-12-11-18(21(29)13-19)15-24-27-22-14-20(16-7-3-1-4-8-16)25-23(26-22)17-9-5-2-6-10-17/h1-15,28-29H,(H,25,26,27)/b24-15+. The zero-order valence-corrected chi connectivity index (χ0v) is 15.4. The number of phenols is 2. The van der Waals surface area contributed by atoms with Crippen LogP contribution in [0.1, 0.15) is 5.56 Å². The molecule has 6 heteroatoms. The molecule has 3 N–H and O–H groups in total. The van der Waals surface area contributed by atoms with Crippen LogP contribution in [0.2, 0.25) is 0 Å². The molecule has 0 spiro atoms. The Bertz CT molecular complexity index is 1090. The predicted molar refractivity (Wildman–Crippen MR) is 114 cm³/mol. The first kappa shape index (κ1) is 18.2. The summed E-state index contributed by atoms with van der Waals surface area (Å²) in [6.07, 6.45) is 1.46. The fraction of sp³-hybridized carbons (Fsp3) is 0. The maximum absolute atomic E-state index is 9.87. The number of hydrogen-bond acceptors (Lipinski definition) is 6. The van der Waals surface area contributed by atoms with Crippen molar-refractivity contribution in [3.8, 4) is 34.1 Å². The van der Waals surface area contributed by atoms with E-state index in [4.69, 9.17) is 4.98 Å². The highest BCUT2D eigenvalue weighted by Gasteiger charge is 2.08. The number of hydrazone groups is 1. The smallest absolute Gasteiger partial charge is 0.162 e. The van der Waals surface area contributed by atoms with Crippen LogP contribution in [0.5, 0.6) is 11.5 Å². The van der Waals surface area contributed by atoms with E-state index in [2.05, 4.69) is 15.5 Å². The van der Waals surface area contributed by atoms with Gasteiger partial charge in [-0.1, -0.05) is 60.7 Å². The van der Waals surface area contributed by atoms with E-state index in [1.54, 1.807) is 6.07 Å². The lowest BCUT2D eigenvalue weighted by Crippen LogP contribution is -1.99. The quantitative estimate of drug-likeness (QED) is 0.345. The molecule has 3 aromatic carbocycles. The minimum atomic E-state index is -0.0619. The average molecular weight is 382 g/mol. The van der Waals surface area contributed by atoms with Gasteiger partial charge in [-0.15, -0.1) is 0 Å². The van der Waals surface area contributed by atoms with Crippen molar-refractivity contribution in [1.29, 1.82) is 0 Å². The molecule has 0 aliphatic carbocycles. The van der Waals surface area contributed by atoms with E-state index in [1.807, 2.05) is 66.7 Å². The third-order valence-corrected chi connectivity index (χ3v) is 4.22. The largest absolute Gasteiger partial charge is 0.508 e. The Morgan fingerprint density at radius 1 is 0.759 bits per heavy atom. The Labute approximate surface area is 167 Å². The topological polar surface area (TPSA) is 90.6 Å². The highest BCUT2D eigenvalue weighted by molar-refractivity contribution is 5.84. The van der Waals surface area contributed by atoms with E-state index in [9.17, 15) is 10.2 Å². The molecular weight excluding hydrogens is 364 g/mol. The molecule has 0 aliphatic rings. The molecule has 0 amide bonds. The van der Waals surface area contributed by atoms with Crippen LogP contribution in [-0.4, -0.2) is 26.4 Å². The minimum Gasteiger partial charge on any atom is -0.508 e. The van der Waals surface area contributed by atoms with E-state index in [0.29, 0.717) is 17.2 Å². The van der Waals surface area contributed by atoms with E-state index >= 15 is 0 Å². The van der Waals surface area contributed by atoms with Gasteiger partial charge >= 0.3 is 0 Å². The van der Waals surface area contributed by atoms with E-state index in [-0.39, 0.29) is 11.5 Å². The number of nitrogens with zero attached hydrogens (tertiary/aromatic N) is 3. The zero-order chi connectivity index (χ0) is 20.1. The summed E-state index contributed by atoms with van der Waals surface area (Å²) in [4.78, 5) is 9.25. The Balaban J connectivity index is 1.67. The fourth-order valence-corrected chi connectivity index (χ4v) is 2.79. The summed E-state index contributed by atoms with van der Waals surface area (Å²) in [5.74, 6) is 1.03. The molecule has 0 unspecified atom stereocenters. The Kier molecular flexibility index (Phi) is 5.16. The van der Waals surface area contributed by atoms with Crippen molar-refractivity contribution in [2.45, 2.75) is 0 Å². The van der Waals surface area contributed by atoms with E-state index in [1.165, 1.54) is 18.3 Å². The zero-order valence-electron chi connectivity index (χ0n) is 15.4. The minimum absolute atomic E-state index is 0.0107. The summed E-state index contributed by atoms with van der Waals surface area (Å²) >= 11 is 0. The van der Waals surface area contributed by atoms with Crippen LogP contribution in [0.4, 0.5) is 5.82 Å². The van der Waals surface area contributed by atoms with Gasteiger partial charge < -0.3 is 10.2 Å². The highest BCUT2D eigenvalue weighted by atomic mass is 16.3. The van der Waals surface area contributed by atoms with Gasteiger partial charge in [0.05, 0.1) is 11.9 Å². The Morgan fingerprint density at radius 2 is 1.45 bits per heavy atom. The lowest BCUT2D eigenvalue weighted by atomic mass is 10.1. The van der Waals surface area contributed by atoms with Gasteiger partial charge in [-0.2, -0.15) is 5.10 Å². The molecule has 1 heterocycles. The fourth-order valence-electron chi connectivity index (χ4n) is 2.79. The van der Waals surface area contributed by atoms with Crippen LogP contribution in [0.25, 0.3) is 22.6 Å². The van der Waals surface area contributed by atoms with Crippen molar-refractivity contribution in [2.75, 3.05) is 5.43 Å². The molecule has 0 atom stereocenters. The molecule has 4 rings (SSSR count). The molecule has 4 aromatic rings. The monoisotopic (exact) mass is 382 g/mol. The molecule has 0 aliphatic heterocycles. The number of aromatic nitrogens is 2. The van der Waals surface area contributed by atoms with Gasteiger partial charge in [-0.05, 0) is 12.1 Å². The van der Waals surface area contributed by atoms with E-state index < -0.39 is 0 Å². The summed E-state index contributed by atoms with van der Waals surface area (Å²) in [7, 11) is 0. The summed E-state index contributed by atoms with van der Waals surface area (Å²) < 4.78 is 0. The molecule has 0 radical (unpaired) electrons. The molecule has 0 saturated carbocycles. The molecule has 29 heavy (non-hydrogen) atoms. The number of rotatable bonds is 5. The first-order valence-corrected chi connectivity index (χ1v) is 9.00. The normalized spacial score (nSPS) is 10.9. The maximum atomic E-state index is 9.87. The summed E-state index contributed by atoms with van der Waals surface area (Å²) in [5.41, 5.74) is 6.00. The number of phenolic OH excluding ortho intramolecular Hbond substituents is 2. The summed E-state index contributed by atoms with van der Waals surface area (Å²) in [6.45, 7) is 0. The molecule has 142 valence electrons. The number of anilines is 1. The molecule has 0 saturated heterocycles. The van der Waals surface area contributed by atoms with Crippen LogP contribution in [0.15, 0.2) is 90.0 Å². The molecule has 6 nitrogen and oxygen atoms in total. The van der Waals surface area contributed by atoms with E-state index in [0.717, 1.165) is 16.8 Å². The predicted octanol–water partition coefficient (Wildman–Crippen LogP) is 4.67. The van der Waals surface area contributed by atoms with Crippen molar-refractivity contribution in [2.24, 2.45) is 5.10 Å². The maximum Gasteiger partial charge on any atom is 0.162 e.